The quantitative estimate of drug-likeness (QED) is 0.434. The summed E-state index contributed by atoms with van der Waals surface area (Å²) in [6, 6.07) is 1.40. The molecule has 21 heavy (non-hydrogen) atoms. The highest BCUT2D eigenvalue weighted by Gasteiger charge is 2.21. The minimum absolute atomic E-state index is 0.280. The van der Waals surface area contributed by atoms with E-state index >= 15 is 0 Å². The monoisotopic (exact) mass is 312 g/mol. The standard InChI is InChI=1S/C14H24N4O2S/c1-6-15-11-8-12(18-14(17-11)21-5)16-10(7-9(2)3)13(19)20-4/h8-10H,6-7H2,1-5H3,(H2,15,16,17,18). The molecule has 0 bridgehead atoms. The summed E-state index contributed by atoms with van der Waals surface area (Å²) in [6.45, 7) is 6.91. The minimum Gasteiger partial charge on any atom is -0.467 e. The first-order valence-electron chi connectivity index (χ1n) is 7.01. The van der Waals surface area contributed by atoms with Crippen molar-refractivity contribution in [2.75, 3.05) is 30.5 Å². The van der Waals surface area contributed by atoms with E-state index < -0.39 is 6.04 Å². The number of carbonyl (C=O) groups is 1. The Kier molecular flexibility index (Phi) is 7.28. The van der Waals surface area contributed by atoms with Crippen LogP contribution in [0.25, 0.3) is 0 Å². The fraction of sp³-hybridized carbons (Fsp3) is 0.643. The number of methoxy groups -OCH3 is 1. The molecular formula is C14H24N4O2S. The van der Waals surface area contributed by atoms with Gasteiger partial charge in [0.05, 0.1) is 7.11 Å². The molecule has 2 N–H and O–H groups in total. The Hall–Kier alpha value is -1.50. The highest BCUT2D eigenvalue weighted by atomic mass is 32.2. The second-order valence-corrected chi connectivity index (χ2v) is 5.78. The Labute approximate surface area is 130 Å². The van der Waals surface area contributed by atoms with Gasteiger partial charge in [0.25, 0.3) is 0 Å². The number of rotatable bonds is 8. The van der Waals surface area contributed by atoms with Crippen molar-refractivity contribution in [2.45, 2.75) is 38.4 Å². The van der Waals surface area contributed by atoms with Crippen LogP contribution in [0.2, 0.25) is 0 Å². The van der Waals surface area contributed by atoms with Crippen LogP contribution < -0.4 is 10.6 Å². The normalized spacial score (nSPS) is 12.1. The van der Waals surface area contributed by atoms with Gasteiger partial charge in [-0.15, -0.1) is 0 Å². The van der Waals surface area contributed by atoms with Crippen LogP contribution in [-0.4, -0.2) is 41.9 Å². The Balaban J connectivity index is 2.95. The third kappa shape index (κ3) is 5.79. The minimum atomic E-state index is -0.408. The van der Waals surface area contributed by atoms with Crippen LogP contribution in [0.1, 0.15) is 27.2 Å². The maximum atomic E-state index is 11.9. The zero-order valence-electron chi connectivity index (χ0n) is 13.3. The molecule has 0 aromatic carbocycles. The van der Waals surface area contributed by atoms with Crippen molar-refractivity contribution in [3.05, 3.63) is 6.07 Å². The van der Waals surface area contributed by atoms with Crippen LogP contribution >= 0.6 is 11.8 Å². The molecule has 0 saturated heterocycles. The Morgan fingerprint density at radius 3 is 2.57 bits per heavy atom. The number of ether oxygens (including phenoxy) is 1. The van der Waals surface area contributed by atoms with Gasteiger partial charge in [0.15, 0.2) is 5.16 Å². The highest BCUT2D eigenvalue weighted by Crippen LogP contribution is 2.19. The summed E-state index contributed by atoms with van der Waals surface area (Å²) in [7, 11) is 1.40. The topological polar surface area (TPSA) is 76.1 Å². The zero-order valence-corrected chi connectivity index (χ0v) is 14.1. The second-order valence-electron chi connectivity index (χ2n) is 5.01. The maximum absolute atomic E-state index is 11.9. The van der Waals surface area contributed by atoms with Crippen LogP contribution in [0.15, 0.2) is 11.2 Å². The van der Waals surface area contributed by atoms with E-state index in [0.717, 1.165) is 12.4 Å². The van der Waals surface area contributed by atoms with Gasteiger partial charge in [0, 0.05) is 12.6 Å². The molecule has 0 saturated carbocycles. The van der Waals surface area contributed by atoms with E-state index in [-0.39, 0.29) is 5.97 Å². The number of anilines is 2. The summed E-state index contributed by atoms with van der Waals surface area (Å²) >= 11 is 1.46. The van der Waals surface area contributed by atoms with E-state index in [1.165, 1.54) is 18.9 Å². The number of hydrogen-bond acceptors (Lipinski definition) is 7. The van der Waals surface area contributed by atoms with Crippen LogP contribution in [-0.2, 0) is 9.53 Å². The van der Waals surface area contributed by atoms with Gasteiger partial charge in [-0.3, -0.25) is 0 Å². The SMILES string of the molecule is CCNc1cc(NC(CC(C)C)C(=O)OC)nc(SC)n1. The summed E-state index contributed by atoms with van der Waals surface area (Å²) < 4.78 is 4.85. The van der Waals surface area contributed by atoms with E-state index in [9.17, 15) is 4.79 Å². The number of nitrogens with one attached hydrogen (secondary N) is 2. The summed E-state index contributed by atoms with van der Waals surface area (Å²) in [5.41, 5.74) is 0. The summed E-state index contributed by atoms with van der Waals surface area (Å²) in [5, 5.41) is 6.97. The van der Waals surface area contributed by atoms with Crippen molar-refractivity contribution in [1.29, 1.82) is 0 Å². The van der Waals surface area contributed by atoms with Gasteiger partial charge in [0.2, 0.25) is 0 Å². The third-order valence-corrected chi connectivity index (χ3v) is 3.31. The van der Waals surface area contributed by atoms with Crippen molar-refractivity contribution in [2.24, 2.45) is 5.92 Å². The first-order chi connectivity index (χ1) is 9.99. The molecule has 118 valence electrons. The molecule has 0 radical (unpaired) electrons. The zero-order chi connectivity index (χ0) is 15.8. The molecule has 0 fully saturated rings. The lowest BCUT2D eigenvalue weighted by Gasteiger charge is -2.19. The first-order valence-corrected chi connectivity index (χ1v) is 8.23. The van der Waals surface area contributed by atoms with Crippen LogP contribution in [0, 0.1) is 5.92 Å². The molecule has 7 heteroatoms. The average molecular weight is 312 g/mol. The molecule has 1 aromatic heterocycles. The molecule has 0 amide bonds. The van der Waals surface area contributed by atoms with Gasteiger partial charge in [-0.25, -0.2) is 14.8 Å². The summed E-state index contributed by atoms with van der Waals surface area (Å²) in [4.78, 5) is 20.6. The lowest BCUT2D eigenvalue weighted by atomic mass is 10.0. The van der Waals surface area contributed by atoms with Crippen molar-refractivity contribution in [3.63, 3.8) is 0 Å². The van der Waals surface area contributed by atoms with Gasteiger partial charge in [-0.1, -0.05) is 25.6 Å². The van der Waals surface area contributed by atoms with E-state index in [2.05, 4.69) is 34.4 Å². The molecule has 0 aliphatic heterocycles. The second kappa shape index (κ2) is 8.71. The predicted molar refractivity (Wildman–Crippen MR) is 86.9 cm³/mol. The van der Waals surface area contributed by atoms with E-state index in [1.54, 1.807) is 6.07 Å². The maximum Gasteiger partial charge on any atom is 0.328 e. The van der Waals surface area contributed by atoms with Gasteiger partial charge in [-0.2, -0.15) is 0 Å². The largest absolute Gasteiger partial charge is 0.467 e. The molecule has 1 atom stereocenters. The number of thioether (sulfide) groups is 1. The van der Waals surface area contributed by atoms with E-state index in [1.807, 2.05) is 13.2 Å². The van der Waals surface area contributed by atoms with Crippen molar-refractivity contribution in [3.8, 4) is 0 Å². The highest BCUT2D eigenvalue weighted by molar-refractivity contribution is 7.98. The summed E-state index contributed by atoms with van der Waals surface area (Å²) in [6.07, 6.45) is 2.60. The van der Waals surface area contributed by atoms with Crippen molar-refractivity contribution >= 4 is 29.4 Å². The van der Waals surface area contributed by atoms with Gasteiger partial charge in [-0.05, 0) is 25.5 Å². The number of carbonyl (C=O) groups excluding carboxylic acids is 1. The van der Waals surface area contributed by atoms with Gasteiger partial charge < -0.3 is 15.4 Å². The lowest BCUT2D eigenvalue weighted by Crippen LogP contribution is -2.32. The van der Waals surface area contributed by atoms with Crippen molar-refractivity contribution < 1.29 is 9.53 Å². The molecular weight excluding hydrogens is 288 g/mol. The number of aromatic nitrogens is 2. The van der Waals surface area contributed by atoms with E-state index in [0.29, 0.717) is 23.3 Å². The number of esters is 1. The molecule has 0 aliphatic carbocycles. The molecule has 1 unspecified atom stereocenters. The predicted octanol–water partition coefficient (Wildman–Crippen LogP) is 2.63. The van der Waals surface area contributed by atoms with Gasteiger partial charge >= 0.3 is 5.97 Å². The summed E-state index contributed by atoms with van der Waals surface area (Å²) in [5.74, 6) is 1.46. The lowest BCUT2D eigenvalue weighted by molar-refractivity contribution is -0.141. The Bertz CT molecular complexity index is 468. The number of nitrogens with zero attached hydrogens (tertiary/aromatic N) is 2. The van der Waals surface area contributed by atoms with Crippen LogP contribution in [0.5, 0.6) is 0 Å². The Morgan fingerprint density at radius 1 is 1.38 bits per heavy atom. The molecule has 1 heterocycles. The smallest absolute Gasteiger partial charge is 0.328 e. The fourth-order valence-electron chi connectivity index (χ4n) is 1.87. The molecule has 1 rings (SSSR count). The Morgan fingerprint density at radius 2 is 2.05 bits per heavy atom. The molecule has 1 aromatic rings. The fourth-order valence-corrected chi connectivity index (χ4v) is 2.25. The molecule has 6 nitrogen and oxygen atoms in total. The van der Waals surface area contributed by atoms with Crippen LogP contribution in [0.4, 0.5) is 11.6 Å². The van der Waals surface area contributed by atoms with Gasteiger partial charge in [0.1, 0.15) is 17.7 Å². The molecule has 0 aliphatic rings. The molecule has 0 spiro atoms. The van der Waals surface area contributed by atoms with Crippen molar-refractivity contribution in [1.82, 2.24) is 9.97 Å². The van der Waals surface area contributed by atoms with E-state index in [4.69, 9.17) is 4.74 Å². The first kappa shape index (κ1) is 17.6. The number of hydrogen-bond donors (Lipinski definition) is 2. The van der Waals surface area contributed by atoms with Crippen LogP contribution in [0.3, 0.4) is 0 Å². The average Bonchev–Trinajstić information content (AvgIpc) is 2.45. The third-order valence-electron chi connectivity index (χ3n) is 2.76.